The van der Waals surface area contributed by atoms with Gasteiger partial charge in [0.05, 0.1) is 21.3 Å². The molecule has 0 fully saturated rings. The lowest BCUT2D eigenvalue weighted by molar-refractivity contribution is -0.112. The molecule has 1 N–H and O–H groups in total. The van der Waals surface area contributed by atoms with Crippen molar-refractivity contribution in [3.8, 4) is 23.3 Å². The van der Waals surface area contributed by atoms with Gasteiger partial charge >= 0.3 is 0 Å². The Bertz CT molecular complexity index is 927. The molecule has 0 unspecified atom stereocenters. The highest BCUT2D eigenvalue weighted by Crippen LogP contribution is 2.40. The number of nitrogens with one attached hydrogen (secondary N) is 1. The smallest absolute Gasteiger partial charge is 0.266 e. The summed E-state index contributed by atoms with van der Waals surface area (Å²) in [6, 6.07) is 11.0. The quantitative estimate of drug-likeness (QED) is 0.620. The third-order valence-corrected chi connectivity index (χ3v) is 4.03. The molecule has 0 bridgehead atoms. The molecule has 2 aromatic carbocycles. The van der Waals surface area contributed by atoms with E-state index in [1.54, 1.807) is 12.1 Å². The molecule has 0 saturated carbocycles. The zero-order chi connectivity index (χ0) is 20.0. The minimum absolute atomic E-state index is 0.0551. The Labute approximate surface area is 159 Å². The number of ether oxygens (including phenoxy) is 3. The summed E-state index contributed by atoms with van der Waals surface area (Å²) < 4.78 is 16.0. The van der Waals surface area contributed by atoms with Crippen LogP contribution in [0.2, 0.25) is 0 Å². The zero-order valence-corrected chi connectivity index (χ0v) is 16.0. The predicted molar refractivity (Wildman–Crippen MR) is 104 cm³/mol. The molecule has 2 rings (SSSR count). The summed E-state index contributed by atoms with van der Waals surface area (Å²) in [5.41, 5.74) is 3.15. The van der Waals surface area contributed by atoms with Gasteiger partial charge in [0, 0.05) is 11.3 Å². The van der Waals surface area contributed by atoms with Crippen LogP contribution in [0.25, 0.3) is 6.08 Å². The van der Waals surface area contributed by atoms with Crippen LogP contribution in [0.5, 0.6) is 17.2 Å². The summed E-state index contributed by atoms with van der Waals surface area (Å²) in [7, 11) is 4.49. The minimum atomic E-state index is -0.499. The standard InChI is InChI=1S/C21H22N2O4/c1-13-6-8-17(14(2)10-13)23-21(24)16(12-22)11-15-7-9-18(25-3)20(27-5)19(15)26-4/h6-11H,1-5H3,(H,23,24)/b16-11+. The molecule has 2 aromatic rings. The van der Waals surface area contributed by atoms with Crippen molar-refractivity contribution in [2.24, 2.45) is 0 Å². The van der Waals surface area contributed by atoms with Gasteiger partial charge in [-0.1, -0.05) is 17.7 Å². The molecule has 0 aliphatic carbocycles. The van der Waals surface area contributed by atoms with Crippen molar-refractivity contribution in [2.75, 3.05) is 26.6 Å². The van der Waals surface area contributed by atoms with E-state index in [1.165, 1.54) is 27.4 Å². The molecule has 0 heterocycles. The number of hydrogen-bond acceptors (Lipinski definition) is 5. The lowest BCUT2D eigenvalue weighted by atomic mass is 10.1. The van der Waals surface area contributed by atoms with E-state index in [0.717, 1.165) is 11.1 Å². The van der Waals surface area contributed by atoms with E-state index in [4.69, 9.17) is 14.2 Å². The average molecular weight is 366 g/mol. The van der Waals surface area contributed by atoms with Crippen LogP contribution in [-0.2, 0) is 4.79 Å². The fourth-order valence-electron chi connectivity index (χ4n) is 2.69. The Morgan fingerprint density at radius 2 is 1.74 bits per heavy atom. The topological polar surface area (TPSA) is 80.6 Å². The molecule has 0 aromatic heterocycles. The zero-order valence-electron chi connectivity index (χ0n) is 16.0. The van der Waals surface area contributed by atoms with Gasteiger partial charge in [-0.25, -0.2) is 0 Å². The minimum Gasteiger partial charge on any atom is -0.493 e. The van der Waals surface area contributed by atoms with E-state index >= 15 is 0 Å². The van der Waals surface area contributed by atoms with Crippen molar-refractivity contribution in [3.63, 3.8) is 0 Å². The molecule has 0 saturated heterocycles. The van der Waals surface area contributed by atoms with Crippen LogP contribution in [0.1, 0.15) is 16.7 Å². The van der Waals surface area contributed by atoms with Gasteiger partial charge in [-0.05, 0) is 43.7 Å². The Morgan fingerprint density at radius 3 is 2.30 bits per heavy atom. The number of amides is 1. The van der Waals surface area contributed by atoms with Gasteiger partial charge in [0.15, 0.2) is 11.5 Å². The van der Waals surface area contributed by atoms with E-state index in [-0.39, 0.29) is 5.57 Å². The van der Waals surface area contributed by atoms with Crippen LogP contribution in [0.15, 0.2) is 35.9 Å². The van der Waals surface area contributed by atoms with Gasteiger partial charge in [0.25, 0.3) is 5.91 Å². The molecule has 0 radical (unpaired) electrons. The first-order valence-electron chi connectivity index (χ1n) is 8.24. The van der Waals surface area contributed by atoms with Crippen LogP contribution in [0, 0.1) is 25.2 Å². The van der Waals surface area contributed by atoms with E-state index in [0.29, 0.717) is 28.5 Å². The lowest BCUT2D eigenvalue weighted by Crippen LogP contribution is -2.14. The maximum atomic E-state index is 12.6. The predicted octanol–water partition coefficient (Wildman–Crippen LogP) is 3.87. The molecule has 0 spiro atoms. The molecule has 0 aliphatic rings. The molecular weight excluding hydrogens is 344 g/mol. The molecule has 6 nitrogen and oxygen atoms in total. The van der Waals surface area contributed by atoms with Crippen molar-refractivity contribution in [3.05, 3.63) is 52.6 Å². The fraction of sp³-hybridized carbons (Fsp3) is 0.238. The summed E-state index contributed by atoms with van der Waals surface area (Å²) in [6.07, 6.45) is 1.46. The molecule has 0 aliphatic heterocycles. The summed E-state index contributed by atoms with van der Waals surface area (Å²) in [5, 5.41) is 12.2. The fourth-order valence-corrected chi connectivity index (χ4v) is 2.69. The third kappa shape index (κ3) is 4.39. The maximum Gasteiger partial charge on any atom is 0.266 e. The molecule has 27 heavy (non-hydrogen) atoms. The number of hydrogen-bond donors (Lipinski definition) is 1. The molecular formula is C21H22N2O4. The highest BCUT2D eigenvalue weighted by molar-refractivity contribution is 6.10. The second-order valence-corrected chi connectivity index (χ2v) is 5.87. The number of nitriles is 1. The van der Waals surface area contributed by atoms with E-state index in [2.05, 4.69) is 5.32 Å². The van der Waals surface area contributed by atoms with Gasteiger partial charge < -0.3 is 19.5 Å². The first kappa shape index (κ1) is 19.9. The van der Waals surface area contributed by atoms with Crippen LogP contribution < -0.4 is 19.5 Å². The number of carbonyl (C=O) groups excluding carboxylic acids is 1. The summed E-state index contributed by atoms with van der Waals surface area (Å²) >= 11 is 0. The van der Waals surface area contributed by atoms with Crippen molar-refractivity contribution in [1.82, 2.24) is 0 Å². The second-order valence-electron chi connectivity index (χ2n) is 5.87. The van der Waals surface area contributed by atoms with E-state index in [9.17, 15) is 10.1 Å². The van der Waals surface area contributed by atoms with Crippen LogP contribution >= 0.6 is 0 Å². The maximum absolute atomic E-state index is 12.6. The van der Waals surface area contributed by atoms with E-state index < -0.39 is 5.91 Å². The van der Waals surface area contributed by atoms with Crippen molar-refractivity contribution < 1.29 is 19.0 Å². The van der Waals surface area contributed by atoms with Crippen molar-refractivity contribution in [2.45, 2.75) is 13.8 Å². The number of carbonyl (C=O) groups is 1. The van der Waals surface area contributed by atoms with Gasteiger partial charge in [-0.2, -0.15) is 5.26 Å². The monoisotopic (exact) mass is 366 g/mol. The largest absolute Gasteiger partial charge is 0.493 e. The van der Waals surface area contributed by atoms with Crippen LogP contribution in [-0.4, -0.2) is 27.2 Å². The van der Waals surface area contributed by atoms with E-state index in [1.807, 2.05) is 38.1 Å². The normalized spacial score (nSPS) is 10.7. The highest BCUT2D eigenvalue weighted by atomic mass is 16.5. The third-order valence-electron chi connectivity index (χ3n) is 4.03. The highest BCUT2D eigenvalue weighted by Gasteiger charge is 2.17. The SMILES string of the molecule is COc1ccc(/C=C(\C#N)C(=O)Nc2ccc(C)cc2C)c(OC)c1OC. The Hall–Kier alpha value is -3.46. The number of benzene rings is 2. The van der Waals surface area contributed by atoms with Crippen LogP contribution in [0.3, 0.4) is 0 Å². The number of anilines is 1. The van der Waals surface area contributed by atoms with Crippen LogP contribution in [0.4, 0.5) is 5.69 Å². The van der Waals surface area contributed by atoms with Gasteiger partial charge in [0.2, 0.25) is 5.75 Å². The Balaban J connectivity index is 2.41. The number of nitrogens with zero attached hydrogens (tertiary/aromatic N) is 1. The number of aryl methyl sites for hydroxylation is 2. The average Bonchev–Trinajstić information content (AvgIpc) is 2.67. The second kappa shape index (κ2) is 8.77. The van der Waals surface area contributed by atoms with Gasteiger partial charge in [-0.15, -0.1) is 0 Å². The van der Waals surface area contributed by atoms with Gasteiger partial charge in [0.1, 0.15) is 11.6 Å². The number of methoxy groups -OCH3 is 3. The Kier molecular flexibility index (Phi) is 6.45. The first-order valence-corrected chi connectivity index (χ1v) is 8.24. The summed E-state index contributed by atoms with van der Waals surface area (Å²) in [4.78, 5) is 12.6. The summed E-state index contributed by atoms with van der Waals surface area (Å²) in [5.74, 6) is 0.760. The molecule has 6 heteroatoms. The van der Waals surface area contributed by atoms with Gasteiger partial charge in [-0.3, -0.25) is 4.79 Å². The molecule has 0 atom stereocenters. The van der Waals surface area contributed by atoms with Crippen molar-refractivity contribution in [1.29, 1.82) is 5.26 Å². The summed E-state index contributed by atoms with van der Waals surface area (Å²) in [6.45, 7) is 3.87. The number of rotatable bonds is 6. The molecule has 140 valence electrons. The van der Waals surface area contributed by atoms with Crippen molar-refractivity contribution >= 4 is 17.7 Å². The first-order chi connectivity index (χ1) is 12.9. The Morgan fingerprint density at radius 1 is 1.04 bits per heavy atom. The lowest BCUT2D eigenvalue weighted by Gasteiger charge is -2.14. The molecule has 1 amide bonds.